The maximum Gasteiger partial charge on any atom is 0.329 e. The number of piperidine rings is 2. The Morgan fingerprint density at radius 3 is 2.65 bits per heavy atom. The Morgan fingerprint density at radius 2 is 1.90 bits per heavy atom. The predicted octanol–water partition coefficient (Wildman–Crippen LogP) is 0.793. The summed E-state index contributed by atoms with van der Waals surface area (Å²) < 4.78 is 8.31. The summed E-state index contributed by atoms with van der Waals surface area (Å²) in [5.74, 6) is -0.474. The van der Waals surface area contributed by atoms with Crippen molar-refractivity contribution >= 4 is 28.8 Å². The second-order valence-corrected chi connectivity index (χ2v) is 8.38. The first-order chi connectivity index (χ1) is 14.9. The molecular weight excluding hydrogens is 400 g/mol. The molecule has 4 rings (SSSR count). The monoisotopic (exact) mass is 428 g/mol. The summed E-state index contributed by atoms with van der Waals surface area (Å²) in [5.41, 5.74) is 1.65. The average molecular weight is 428 g/mol. The van der Waals surface area contributed by atoms with Crippen LogP contribution in [-0.2, 0) is 32.6 Å². The largest absolute Gasteiger partial charge is 0.465 e. The van der Waals surface area contributed by atoms with Crippen molar-refractivity contribution in [3.8, 4) is 0 Å². The van der Waals surface area contributed by atoms with E-state index in [0.29, 0.717) is 23.6 Å². The molecule has 0 spiro atoms. The smallest absolute Gasteiger partial charge is 0.329 e. The van der Waals surface area contributed by atoms with Gasteiger partial charge in [0, 0.05) is 13.5 Å². The van der Waals surface area contributed by atoms with Crippen molar-refractivity contribution in [1.82, 2.24) is 19.8 Å². The van der Waals surface area contributed by atoms with E-state index in [-0.39, 0.29) is 36.8 Å². The highest BCUT2D eigenvalue weighted by Crippen LogP contribution is 2.24. The lowest BCUT2D eigenvalue weighted by molar-refractivity contribution is -0.143. The zero-order valence-electron chi connectivity index (χ0n) is 17.7. The number of aryl methyl sites for hydroxylation is 1. The van der Waals surface area contributed by atoms with E-state index in [2.05, 4.69) is 10.6 Å². The van der Waals surface area contributed by atoms with E-state index in [1.54, 1.807) is 25.2 Å². The summed E-state index contributed by atoms with van der Waals surface area (Å²) in [7, 11) is 1.63. The van der Waals surface area contributed by atoms with E-state index in [1.807, 2.05) is 0 Å². The molecule has 2 aliphatic heterocycles. The lowest BCUT2D eigenvalue weighted by Crippen LogP contribution is -2.44. The standard InChI is InChI=1S/C22H28N4O5/c1-25-18-12-15(13-20(28)31-11-8-14-6-9-23-10-7-14)2-3-16(18)26(22(25)30)17-4-5-19(27)24-21(17)29/h2-3,12,14,17,23H,4-11,13H2,1H3,(H,24,27,29). The van der Waals surface area contributed by atoms with Gasteiger partial charge in [-0.3, -0.25) is 28.8 Å². The number of fused-ring (bicyclic) bond motifs is 1. The van der Waals surface area contributed by atoms with Crippen molar-refractivity contribution in [2.45, 2.75) is 44.6 Å². The highest BCUT2D eigenvalue weighted by Gasteiger charge is 2.31. The van der Waals surface area contributed by atoms with Crippen LogP contribution in [0.2, 0.25) is 0 Å². The van der Waals surface area contributed by atoms with Crippen LogP contribution in [0.15, 0.2) is 23.0 Å². The van der Waals surface area contributed by atoms with Gasteiger partial charge >= 0.3 is 11.7 Å². The van der Waals surface area contributed by atoms with Crippen LogP contribution < -0.4 is 16.3 Å². The maximum absolute atomic E-state index is 12.8. The van der Waals surface area contributed by atoms with Crippen molar-refractivity contribution in [3.63, 3.8) is 0 Å². The molecule has 2 aliphatic rings. The minimum absolute atomic E-state index is 0.125. The SMILES string of the molecule is Cn1c(=O)n(C2CCC(=O)NC2=O)c2ccc(CC(=O)OCCC3CCNCC3)cc21. The Morgan fingerprint density at radius 1 is 1.13 bits per heavy atom. The lowest BCUT2D eigenvalue weighted by Gasteiger charge is -2.22. The van der Waals surface area contributed by atoms with Crippen LogP contribution in [0, 0.1) is 5.92 Å². The first-order valence-electron chi connectivity index (χ1n) is 10.8. The fourth-order valence-corrected chi connectivity index (χ4v) is 4.48. The molecule has 9 nitrogen and oxygen atoms in total. The highest BCUT2D eigenvalue weighted by molar-refractivity contribution is 6.00. The van der Waals surface area contributed by atoms with Gasteiger partial charge in [0.25, 0.3) is 0 Å². The van der Waals surface area contributed by atoms with Crippen molar-refractivity contribution in [1.29, 1.82) is 0 Å². The number of imide groups is 1. The number of hydrogen-bond donors (Lipinski definition) is 2. The molecule has 2 aromatic rings. The molecule has 1 aromatic carbocycles. The number of aromatic nitrogens is 2. The number of nitrogens with one attached hydrogen (secondary N) is 2. The van der Waals surface area contributed by atoms with E-state index in [0.717, 1.165) is 37.9 Å². The van der Waals surface area contributed by atoms with Gasteiger partial charge in [-0.05, 0) is 62.4 Å². The van der Waals surface area contributed by atoms with Gasteiger partial charge in [0.15, 0.2) is 0 Å². The number of rotatable bonds is 6. The zero-order valence-corrected chi connectivity index (χ0v) is 17.7. The van der Waals surface area contributed by atoms with Gasteiger partial charge in [0.05, 0.1) is 24.1 Å². The van der Waals surface area contributed by atoms with Gasteiger partial charge in [0.1, 0.15) is 6.04 Å². The quantitative estimate of drug-likeness (QED) is 0.520. The molecule has 0 radical (unpaired) electrons. The number of imidazole rings is 1. The summed E-state index contributed by atoms with van der Waals surface area (Å²) in [4.78, 5) is 48.8. The Bertz CT molecular complexity index is 1060. The maximum atomic E-state index is 12.8. The summed E-state index contributed by atoms with van der Waals surface area (Å²) in [5, 5.41) is 5.62. The Kier molecular flexibility index (Phi) is 6.22. The van der Waals surface area contributed by atoms with E-state index in [9.17, 15) is 19.2 Å². The van der Waals surface area contributed by atoms with Crippen molar-refractivity contribution in [2.24, 2.45) is 13.0 Å². The first-order valence-corrected chi connectivity index (χ1v) is 10.8. The normalized spacial score (nSPS) is 20.1. The molecule has 166 valence electrons. The lowest BCUT2D eigenvalue weighted by atomic mass is 9.95. The van der Waals surface area contributed by atoms with Gasteiger partial charge in [-0.15, -0.1) is 0 Å². The topological polar surface area (TPSA) is 111 Å². The van der Waals surface area contributed by atoms with Crippen LogP contribution >= 0.6 is 0 Å². The Hall–Kier alpha value is -2.94. The minimum atomic E-state index is -0.722. The van der Waals surface area contributed by atoms with E-state index in [1.165, 1.54) is 9.13 Å². The molecule has 3 heterocycles. The first kappa shape index (κ1) is 21.3. The molecule has 1 aromatic heterocycles. The van der Waals surface area contributed by atoms with Crippen LogP contribution in [0.1, 0.15) is 43.7 Å². The van der Waals surface area contributed by atoms with E-state index >= 15 is 0 Å². The molecule has 0 aliphatic carbocycles. The third-order valence-corrected chi connectivity index (χ3v) is 6.27. The second kappa shape index (κ2) is 9.05. The molecule has 2 N–H and O–H groups in total. The van der Waals surface area contributed by atoms with Crippen molar-refractivity contribution in [3.05, 3.63) is 34.2 Å². The van der Waals surface area contributed by atoms with Crippen LogP contribution in [0.5, 0.6) is 0 Å². The number of nitrogens with zero attached hydrogens (tertiary/aromatic N) is 2. The van der Waals surface area contributed by atoms with Gasteiger partial charge in [0.2, 0.25) is 11.8 Å². The third-order valence-electron chi connectivity index (χ3n) is 6.27. The van der Waals surface area contributed by atoms with E-state index < -0.39 is 11.9 Å². The fraction of sp³-hybridized carbons (Fsp3) is 0.545. The zero-order chi connectivity index (χ0) is 22.0. The molecule has 9 heteroatoms. The predicted molar refractivity (Wildman–Crippen MR) is 113 cm³/mol. The molecule has 1 unspecified atom stereocenters. The minimum Gasteiger partial charge on any atom is -0.465 e. The second-order valence-electron chi connectivity index (χ2n) is 8.38. The average Bonchev–Trinajstić information content (AvgIpc) is 2.99. The van der Waals surface area contributed by atoms with Gasteiger partial charge in [-0.1, -0.05) is 6.07 Å². The molecule has 2 saturated heterocycles. The molecule has 0 bridgehead atoms. The Labute approximate surface area is 179 Å². The van der Waals surface area contributed by atoms with Crippen LogP contribution in [0.3, 0.4) is 0 Å². The number of ether oxygens (including phenoxy) is 1. The number of carbonyl (C=O) groups is 3. The number of hydrogen-bond acceptors (Lipinski definition) is 6. The van der Waals surface area contributed by atoms with E-state index in [4.69, 9.17) is 4.74 Å². The summed E-state index contributed by atoms with van der Waals surface area (Å²) >= 11 is 0. The molecule has 0 saturated carbocycles. The van der Waals surface area contributed by atoms with Crippen molar-refractivity contribution < 1.29 is 19.1 Å². The molecule has 2 fully saturated rings. The summed E-state index contributed by atoms with van der Waals surface area (Å²) in [6.07, 6.45) is 3.73. The van der Waals surface area contributed by atoms with Crippen LogP contribution in [0.4, 0.5) is 0 Å². The summed E-state index contributed by atoms with van der Waals surface area (Å²) in [6, 6.07) is 4.59. The molecule has 2 amide bonds. The molecule has 1 atom stereocenters. The Balaban J connectivity index is 1.45. The summed E-state index contributed by atoms with van der Waals surface area (Å²) in [6.45, 7) is 2.47. The number of carbonyl (C=O) groups excluding carboxylic acids is 3. The van der Waals surface area contributed by atoms with Gasteiger partial charge < -0.3 is 10.1 Å². The van der Waals surface area contributed by atoms with Crippen molar-refractivity contribution in [2.75, 3.05) is 19.7 Å². The fourth-order valence-electron chi connectivity index (χ4n) is 4.48. The van der Waals surface area contributed by atoms with Gasteiger partial charge in [-0.2, -0.15) is 0 Å². The van der Waals surface area contributed by atoms with Crippen LogP contribution in [0.25, 0.3) is 11.0 Å². The van der Waals surface area contributed by atoms with Gasteiger partial charge in [-0.25, -0.2) is 4.79 Å². The highest BCUT2D eigenvalue weighted by atomic mass is 16.5. The third kappa shape index (κ3) is 4.56. The molecule has 31 heavy (non-hydrogen) atoms. The van der Waals surface area contributed by atoms with Crippen LogP contribution in [-0.4, -0.2) is 46.6 Å². The molecular formula is C22H28N4O5. The number of benzene rings is 1. The number of amides is 2. The number of esters is 1.